The van der Waals surface area contributed by atoms with Crippen molar-refractivity contribution in [3.63, 3.8) is 0 Å². The third-order valence-electron chi connectivity index (χ3n) is 4.08. The molecule has 0 heterocycles. The molecule has 106 valence electrons. The molecule has 1 aliphatic carbocycles. The summed E-state index contributed by atoms with van der Waals surface area (Å²) in [4.78, 5) is 2.46. The molecule has 2 nitrogen and oxygen atoms in total. The molecule has 3 rings (SSSR count). The number of hydrogen-bond donors (Lipinski definition) is 0. The van der Waals surface area contributed by atoms with Crippen molar-refractivity contribution in [1.29, 1.82) is 5.26 Å². The second-order valence-corrected chi connectivity index (χ2v) is 5.87. The van der Waals surface area contributed by atoms with Crippen LogP contribution in [-0.4, -0.2) is 11.4 Å². The molecular formula is C19H20N2. The molecule has 0 aromatic heterocycles. The van der Waals surface area contributed by atoms with Crippen molar-refractivity contribution in [2.75, 3.05) is 6.54 Å². The first-order valence-electron chi connectivity index (χ1n) is 7.55. The predicted octanol–water partition coefficient (Wildman–Crippen LogP) is 3.85. The van der Waals surface area contributed by atoms with Crippen molar-refractivity contribution in [2.45, 2.75) is 19.5 Å². The molecule has 0 aliphatic heterocycles. The highest BCUT2D eigenvalue weighted by Crippen LogP contribution is 2.38. The molecule has 0 saturated heterocycles. The molecule has 0 radical (unpaired) electrons. The molecule has 1 aliphatic rings. The Kier molecular flexibility index (Phi) is 4.33. The van der Waals surface area contributed by atoms with Crippen molar-refractivity contribution in [1.82, 2.24) is 4.90 Å². The highest BCUT2D eigenvalue weighted by Gasteiger charge is 2.38. The van der Waals surface area contributed by atoms with Crippen LogP contribution in [0.25, 0.3) is 0 Å². The Morgan fingerprint density at radius 1 is 0.905 bits per heavy atom. The first kappa shape index (κ1) is 13.9. The molecule has 2 atom stereocenters. The second kappa shape index (κ2) is 6.56. The summed E-state index contributed by atoms with van der Waals surface area (Å²) < 4.78 is 0. The topological polar surface area (TPSA) is 27.0 Å². The smallest absolute Gasteiger partial charge is 0.0659 e. The number of nitrogens with zero attached hydrogens (tertiary/aromatic N) is 2. The van der Waals surface area contributed by atoms with Gasteiger partial charge in [0, 0.05) is 19.6 Å². The molecule has 0 amide bonds. The lowest BCUT2D eigenvalue weighted by Crippen LogP contribution is -2.25. The average Bonchev–Trinajstić information content (AvgIpc) is 3.27. The van der Waals surface area contributed by atoms with Gasteiger partial charge in [-0.15, -0.1) is 0 Å². The highest BCUT2D eigenvalue weighted by molar-refractivity contribution is 5.17. The van der Waals surface area contributed by atoms with Gasteiger partial charge in [-0.05, 0) is 23.5 Å². The minimum Gasteiger partial charge on any atom is -0.295 e. The molecule has 21 heavy (non-hydrogen) atoms. The summed E-state index contributed by atoms with van der Waals surface area (Å²) >= 11 is 0. The molecule has 2 aromatic carbocycles. The number of hydrogen-bond acceptors (Lipinski definition) is 2. The van der Waals surface area contributed by atoms with Crippen molar-refractivity contribution in [3.8, 4) is 6.07 Å². The molecule has 2 heteroatoms. The van der Waals surface area contributed by atoms with E-state index in [1.807, 2.05) is 0 Å². The first-order valence-corrected chi connectivity index (χ1v) is 7.55. The zero-order valence-electron chi connectivity index (χ0n) is 12.2. The number of nitriles is 1. The fourth-order valence-corrected chi connectivity index (χ4v) is 2.81. The van der Waals surface area contributed by atoms with Crippen molar-refractivity contribution >= 4 is 0 Å². The van der Waals surface area contributed by atoms with Gasteiger partial charge in [0.1, 0.15) is 0 Å². The van der Waals surface area contributed by atoms with Crippen LogP contribution in [-0.2, 0) is 13.1 Å². The van der Waals surface area contributed by atoms with E-state index in [4.69, 9.17) is 5.26 Å². The van der Waals surface area contributed by atoms with Crippen molar-refractivity contribution in [2.24, 2.45) is 11.8 Å². The summed E-state index contributed by atoms with van der Waals surface area (Å²) in [6.45, 7) is 2.91. The maximum absolute atomic E-state index is 9.00. The lowest BCUT2D eigenvalue weighted by Gasteiger charge is -2.22. The largest absolute Gasteiger partial charge is 0.295 e. The molecule has 0 bridgehead atoms. The van der Waals surface area contributed by atoms with Crippen LogP contribution < -0.4 is 0 Å². The minimum atomic E-state index is 0.277. The number of rotatable bonds is 6. The lowest BCUT2D eigenvalue weighted by molar-refractivity contribution is 0.243. The Hall–Kier alpha value is -2.11. The summed E-state index contributed by atoms with van der Waals surface area (Å²) in [7, 11) is 0. The molecule has 2 unspecified atom stereocenters. The van der Waals surface area contributed by atoms with Gasteiger partial charge in [-0.3, -0.25) is 4.90 Å². The van der Waals surface area contributed by atoms with Crippen LogP contribution in [0.3, 0.4) is 0 Å². The fraction of sp³-hybridized carbons (Fsp3) is 0.316. The van der Waals surface area contributed by atoms with Crippen LogP contribution >= 0.6 is 0 Å². The van der Waals surface area contributed by atoms with E-state index >= 15 is 0 Å². The quantitative estimate of drug-likeness (QED) is 0.801. The first-order chi connectivity index (χ1) is 10.3. The van der Waals surface area contributed by atoms with E-state index in [1.54, 1.807) is 0 Å². The molecule has 1 saturated carbocycles. The molecule has 1 fully saturated rings. The second-order valence-electron chi connectivity index (χ2n) is 5.87. The normalized spacial score (nSPS) is 20.2. The van der Waals surface area contributed by atoms with Crippen LogP contribution in [0.5, 0.6) is 0 Å². The summed E-state index contributed by atoms with van der Waals surface area (Å²) in [5.41, 5.74) is 2.67. The van der Waals surface area contributed by atoms with Gasteiger partial charge in [0.05, 0.1) is 12.0 Å². The maximum Gasteiger partial charge on any atom is 0.0659 e. The predicted molar refractivity (Wildman–Crippen MR) is 84.2 cm³/mol. The Labute approximate surface area is 126 Å². The van der Waals surface area contributed by atoms with E-state index < -0.39 is 0 Å². The molecule has 0 spiro atoms. The van der Waals surface area contributed by atoms with Crippen LogP contribution in [0.1, 0.15) is 17.5 Å². The maximum atomic E-state index is 9.00. The van der Waals surface area contributed by atoms with Crippen LogP contribution in [0, 0.1) is 23.2 Å². The Morgan fingerprint density at radius 2 is 1.43 bits per heavy atom. The fourth-order valence-electron chi connectivity index (χ4n) is 2.81. The average molecular weight is 276 g/mol. The summed E-state index contributed by atoms with van der Waals surface area (Å²) in [6, 6.07) is 23.5. The third-order valence-corrected chi connectivity index (χ3v) is 4.08. The van der Waals surface area contributed by atoms with Gasteiger partial charge in [0.15, 0.2) is 0 Å². The zero-order valence-corrected chi connectivity index (χ0v) is 12.2. The summed E-state index contributed by atoms with van der Waals surface area (Å²) in [5.74, 6) is 0.835. The van der Waals surface area contributed by atoms with E-state index in [1.165, 1.54) is 11.1 Å². The van der Waals surface area contributed by atoms with Gasteiger partial charge in [-0.25, -0.2) is 0 Å². The van der Waals surface area contributed by atoms with E-state index in [2.05, 4.69) is 71.6 Å². The zero-order chi connectivity index (χ0) is 14.5. The molecule has 0 N–H and O–H groups in total. The van der Waals surface area contributed by atoms with E-state index in [0.717, 1.165) is 26.1 Å². The summed E-state index contributed by atoms with van der Waals surface area (Å²) in [5, 5.41) is 9.00. The Balaban J connectivity index is 1.67. The monoisotopic (exact) mass is 276 g/mol. The highest BCUT2D eigenvalue weighted by atomic mass is 15.1. The lowest BCUT2D eigenvalue weighted by atomic mass is 10.1. The van der Waals surface area contributed by atoms with Gasteiger partial charge >= 0.3 is 0 Å². The minimum absolute atomic E-state index is 0.277. The van der Waals surface area contributed by atoms with E-state index in [0.29, 0.717) is 5.92 Å². The van der Waals surface area contributed by atoms with Gasteiger partial charge in [-0.2, -0.15) is 5.26 Å². The van der Waals surface area contributed by atoms with Crippen molar-refractivity contribution < 1.29 is 0 Å². The van der Waals surface area contributed by atoms with Gasteiger partial charge in [0.2, 0.25) is 0 Å². The van der Waals surface area contributed by atoms with E-state index in [-0.39, 0.29) is 5.92 Å². The van der Waals surface area contributed by atoms with Gasteiger partial charge < -0.3 is 0 Å². The standard InChI is InChI=1S/C19H20N2/c20-12-18-11-19(18)15-21(13-16-7-3-1-4-8-16)14-17-9-5-2-6-10-17/h1-10,18-19H,11,13-15H2. The van der Waals surface area contributed by atoms with E-state index in [9.17, 15) is 0 Å². The van der Waals surface area contributed by atoms with Crippen molar-refractivity contribution in [3.05, 3.63) is 71.8 Å². The van der Waals surface area contributed by atoms with Crippen LogP contribution in [0.15, 0.2) is 60.7 Å². The molecule has 2 aromatic rings. The van der Waals surface area contributed by atoms with Crippen LogP contribution in [0.2, 0.25) is 0 Å². The number of benzene rings is 2. The van der Waals surface area contributed by atoms with Gasteiger partial charge in [-0.1, -0.05) is 60.7 Å². The Bertz CT molecular complexity index is 559. The summed E-state index contributed by atoms with van der Waals surface area (Å²) in [6.07, 6.45) is 1.07. The third kappa shape index (κ3) is 3.93. The van der Waals surface area contributed by atoms with Gasteiger partial charge in [0.25, 0.3) is 0 Å². The SMILES string of the molecule is N#CC1CC1CN(Cc1ccccc1)Cc1ccccc1. The molecular weight excluding hydrogens is 256 g/mol. The van der Waals surface area contributed by atoms with Crippen LogP contribution in [0.4, 0.5) is 0 Å². The Morgan fingerprint density at radius 3 is 1.86 bits per heavy atom.